The number of carbonyl (C=O) groups excluding carboxylic acids is 1. The molecule has 3 aromatic rings. The third kappa shape index (κ3) is 7.05. The van der Waals surface area contributed by atoms with Gasteiger partial charge < -0.3 is 5.32 Å². The van der Waals surface area contributed by atoms with Crippen molar-refractivity contribution in [1.29, 1.82) is 0 Å². The number of benzene rings is 3. The quantitative estimate of drug-likeness (QED) is 0.358. The number of nitrogens with zero attached hydrogens (tertiary/aromatic N) is 2. The molecule has 0 spiro atoms. The van der Waals surface area contributed by atoms with E-state index in [1.165, 1.54) is 29.1 Å². The van der Waals surface area contributed by atoms with E-state index in [0.717, 1.165) is 28.8 Å². The molecule has 4 rings (SSSR count). The third-order valence-corrected chi connectivity index (χ3v) is 8.58. The molecule has 1 fully saturated rings. The molecule has 0 aliphatic carbocycles. The van der Waals surface area contributed by atoms with E-state index < -0.39 is 10.0 Å². The first-order valence-electron chi connectivity index (χ1n) is 11.8. The normalized spacial score (nSPS) is 14.4. The van der Waals surface area contributed by atoms with Crippen LogP contribution in [0.3, 0.4) is 0 Å². The van der Waals surface area contributed by atoms with Crippen LogP contribution in [0.4, 0.5) is 5.69 Å². The summed E-state index contributed by atoms with van der Waals surface area (Å²) in [6.07, 6.45) is 3.80. The zero-order chi connectivity index (χ0) is 24.7. The monoisotopic (exact) mass is 603 g/mol. The van der Waals surface area contributed by atoms with Gasteiger partial charge in [0.15, 0.2) is 0 Å². The number of anilines is 1. The maximum atomic E-state index is 13.4. The Kier molecular flexibility index (Phi) is 8.80. The summed E-state index contributed by atoms with van der Waals surface area (Å²) in [6, 6.07) is 23.5. The molecule has 0 bridgehead atoms. The predicted molar refractivity (Wildman–Crippen MR) is 148 cm³/mol. The maximum Gasteiger partial charge on any atom is 0.264 e. The summed E-state index contributed by atoms with van der Waals surface area (Å²) in [5, 5.41) is 2.90. The minimum atomic E-state index is -3.90. The van der Waals surface area contributed by atoms with Crippen LogP contribution in [0.5, 0.6) is 0 Å². The van der Waals surface area contributed by atoms with Crippen LogP contribution in [-0.2, 0) is 27.9 Å². The predicted octanol–water partition coefficient (Wildman–Crippen LogP) is 4.79. The van der Waals surface area contributed by atoms with Crippen LogP contribution in [0, 0.1) is 3.57 Å². The van der Waals surface area contributed by atoms with E-state index in [1.807, 2.05) is 24.3 Å². The number of sulfonamides is 1. The van der Waals surface area contributed by atoms with Gasteiger partial charge in [0, 0.05) is 16.7 Å². The molecule has 1 N–H and O–H groups in total. The smallest absolute Gasteiger partial charge is 0.264 e. The molecule has 1 amide bonds. The van der Waals surface area contributed by atoms with Crippen LogP contribution >= 0.6 is 22.6 Å². The highest BCUT2D eigenvalue weighted by Gasteiger charge is 2.27. The van der Waals surface area contributed by atoms with Gasteiger partial charge in [-0.1, -0.05) is 48.9 Å². The molecule has 3 aromatic carbocycles. The zero-order valence-corrected chi connectivity index (χ0v) is 22.5. The van der Waals surface area contributed by atoms with Crippen molar-refractivity contribution in [1.82, 2.24) is 10.2 Å². The highest BCUT2D eigenvalue weighted by molar-refractivity contribution is 14.1. The molecular weight excluding hydrogens is 573 g/mol. The van der Waals surface area contributed by atoms with Gasteiger partial charge in [-0.2, -0.15) is 0 Å². The Balaban J connectivity index is 1.45. The zero-order valence-electron chi connectivity index (χ0n) is 19.6. The van der Waals surface area contributed by atoms with Gasteiger partial charge in [-0.25, -0.2) is 8.42 Å². The fourth-order valence-corrected chi connectivity index (χ4v) is 6.04. The lowest BCUT2D eigenvalue weighted by atomic mass is 10.1. The summed E-state index contributed by atoms with van der Waals surface area (Å²) in [4.78, 5) is 15.5. The Morgan fingerprint density at radius 2 is 1.57 bits per heavy atom. The molecule has 35 heavy (non-hydrogen) atoms. The molecule has 0 atom stereocenters. The van der Waals surface area contributed by atoms with E-state index in [9.17, 15) is 13.2 Å². The van der Waals surface area contributed by atoms with Gasteiger partial charge in [0.1, 0.15) is 6.54 Å². The second-order valence-corrected chi connectivity index (χ2v) is 11.8. The van der Waals surface area contributed by atoms with Crippen molar-refractivity contribution in [2.75, 3.05) is 23.9 Å². The minimum absolute atomic E-state index is 0.150. The van der Waals surface area contributed by atoms with Crippen molar-refractivity contribution in [3.63, 3.8) is 0 Å². The van der Waals surface area contributed by atoms with E-state index in [-0.39, 0.29) is 17.3 Å². The van der Waals surface area contributed by atoms with Gasteiger partial charge in [-0.3, -0.25) is 14.0 Å². The van der Waals surface area contributed by atoms with Crippen LogP contribution in [0.15, 0.2) is 83.8 Å². The number of nitrogens with one attached hydrogen (secondary N) is 1. The van der Waals surface area contributed by atoms with Crippen LogP contribution in [0.2, 0.25) is 0 Å². The molecule has 0 radical (unpaired) electrons. The summed E-state index contributed by atoms with van der Waals surface area (Å²) in [6.45, 7) is 3.22. The van der Waals surface area contributed by atoms with Gasteiger partial charge in [0.2, 0.25) is 5.91 Å². The second-order valence-electron chi connectivity index (χ2n) is 8.73. The van der Waals surface area contributed by atoms with Crippen molar-refractivity contribution in [3.05, 3.63) is 93.6 Å². The molecule has 8 heteroatoms. The fourth-order valence-electron chi connectivity index (χ4n) is 4.24. The van der Waals surface area contributed by atoms with Crippen LogP contribution in [-0.4, -0.2) is 38.9 Å². The summed E-state index contributed by atoms with van der Waals surface area (Å²) >= 11 is 2.17. The lowest BCUT2D eigenvalue weighted by Gasteiger charge is -2.26. The molecule has 184 valence electrons. The fraction of sp³-hybridized carbons (Fsp3) is 0.296. The summed E-state index contributed by atoms with van der Waals surface area (Å²) in [5.74, 6) is -0.357. The average Bonchev–Trinajstić information content (AvgIpc) is 2.88. The molecule has 0 saturated carbocycles. The van der Waals surface area contributed by atoms with Crippen molar-refractivity contribution in [2.24, 2.45) is 0 Å². The van der Waals surface area contributed by atoms with E-state index in [4.69, 9.17) is 0 Å². The average molecular weight is 604 g/mol. The Morgan fingerprint density at radius 3 is 2.29 bits per heavy atom. The Labute approximate surface area is 221 Å². The number of rotatable bonds is 9. The van der Waals surface area contributed by atoms with E-state index in [0.29, 0.717) is 12.2 Å². The highest BCUT2D eigenvalue weighted by atomic mass is 127. The number of carbonyl (C=O) groups is 1. The molecule has 1 heterocycles. The third-order valence-electron chi connectivity index (χ3n) is 6.07. The highest BCUT2D eigenvalue weighted by Crippen LogP contribution is 2.24. The number of hydrogen-bond donors (Lipinski definition) is 1. The van der Waals surface area contributed by atoms with Crippen LogP contribution < -0.4 is 9.62 Å². The summed E-state index contributed by atoms with van der Waals surface area (Å²) < 4.78 is 29.0. The van der Waals surface area contributed by atoms with E-state index >= 15 is 0 Å². The topological polar surface area (TPSA) is 69.7 Å². The van der Waals surface area contributed by atoms with Gasteiger partial charge in [-0.05, 0) is 96.0 Å². The molecule has 1 aliphatic rings. The molecule has 0 aromatic heterocycles. The number of amides is 1. The Bertz CT molecular complexity index is 1230. The molecular formula is C27H30IN3O3S. The van der Waals surface area contributed by atoms with E-state index in [1.54, 1.807) is 42.5 Å². The molecule has 6 nitrogen and oxygen atoms in total. The van der Waals surface area contributed by atoms with E-state index in [2.05, 4.69) is 44.9 Å². The van der Waals surface area contributed by atoms with Gasteiger partial charge >= 0.3 is 0 Å². The maximum absolute atomic E-state index is 13.4. The summed E-state index contributed by atoms with van der Waals surface area (Å²) in [7, 11) is -3.90. The molecule has 1 saturated heterocycles. The largest absolute Gasteiger partial charge is 0.350 e. The summed E-state index contributed by atoms with van der Waals surface area (Å²) in [5.41, 5.74) is 2.68. The van der Waals surface area contributed by atoms with Crippen molar-refractivity contribution >= 4 is 44.2 Å². The minimum Gasteiger partial charge on any atom is -0.350 e. The number of likely N-dealkylation sites (tertiary alicyclic amines) is 1. The number of piperidine rings is 1. The Morgan fingerprint density at radius 1 is 0.886 bits per heavy atom. The van der Waals surface area contributed by atoms with Crippen LogP contribution in [0.1, 0.15) is 30.4 Å². The lowest BCUT2D eigenvalue weighted by molar-refractivity contribution is -0.119. The van der Waals surface area contributed by atoms with Gasteiger partial charge in [0.25, 0.3) is 10.0 Å². The lowest BCUT2D eigenvalue weighted by Crippen LogP contribution is -2.40. The van der Waals surface area contributed by atoms with Crippen molar-refractivity contribution in [3.8, 4) is 0 Å². The van der Waals surface area contributed by atoms with Crippen molar-refractivity contribution in [2.45, 2.75) is 37.2 Å². The van der Waals surface area contributed by atoms with Gasteiger partial charge in [-0.15, -0.1) is 0 Å². The standard InChI is InChI=1S/C27H30IN3O3S/c28-24-12-14-25(15-13-24)31(35(33,34)26-10-3-1-4-11-26)21-27(32)29-19-22-8-7-9-23(18-22)20-30-16-5-2-6-17-30/h1,3-4,7-15,18H,2,5-6,16-17,19-21H2,(H,29,32). The Hall–Kier alpha value is -2.43. The first-order chi connectivity index (χ1) is 16.9. The SMILES string of the molecule is O=C(CN(c1ccc(I)cc1)S(=O)(=O)c1ccccc1)NCc1cccc(CN2CCCCC2)c1. The number of halogens is 1. The first kappa shape index (κ1) is 25.7. The van der Waals surface area contributed by atoms with Gasteiger partial charge in [0.05, 0.1) is 10.6 Å². The van der Waals surface area contributed by atoms with Crippen LogP contribution in [0.25, 0.3) is 0 Å². The number of hydrogen-bond acceptors (Lipinski definition) is 4. The second kappa shape index (κ2) is 12.0. The molecule has 1 aliphatic heterocycles. The first-order valence-corrected chi connectivity index (χ1v) is 14.3. The molecule has 0 unspecified atom stereocenters. The van der Waals surface area contributed by atoms with Crippen molar-refractivity contribution < 1.29 is 13.2 Å².